The van der Waals surface area contributed by atoms with E-state index in [9.17, 15) is 0 Å². The first-order chi connectivity index (χ1) is 6.74. The van der Waals surface area contributed by atoms with Crippen molar-refractivity contribution in [1.82, 2.24) is 10.1 Å². The maximum atomic E-state index is 5.81. The van der Waals surface area contributed by atoms with Gasteiger partial charge in [0.1, 0.15) is 0 Å². The van der Waals surface area contributed by atoms with E-state index in [0.29, 0.717) is 11.9 Å². The molecule has 2 rings (SSSR count). The van der Waals surface area contributed by atoms with Crippen LogP contribution in [0.3, 0.4) is 0 Å². The largest absolute Gasteiger partial charge is 0.381 e. The smallest absolute Gasteiger partial charge is 0.167 e. The number of piperidine rings is 1. The fourth-order valence-electron chi connectivity index (χ4n) is 1.73. The Morgan fingerprint density at radius 2 is 2.21 bits per heavy atom. The Hall–Kier alpha value is -1.07. The number of anilines is 1. The third kappa shape index (κ3) is 2.24. The molecule has 14 heavy (non-hydrogen) atoms. The quantitative estimate of drug-likeness (QED) is 0.705. The van der Waals surface area contributed by atoms with Crippen molar-refractivity contribution in [2.24, 2.45) is 5.73 Å². The summed E-state index contributed by atoms with van der Waals surface area (Å²) >= 11 is 0. The number of aromatic nitrogens is 1. The predicted molar refractivity (Wildman–Crippen MR) is 53.4 cm³/mol. The van der Waals surface area contributed by atoms with E-state index in [1.54, 1.807) is 6.07 Å². The fourth-order valence-corrected chi connectivity index (χ4v) is 1.73. The van der Waals surface area contributed by atoms with E-state index in [1.165, 1.54) is 0 Å². The molecule has 0 amide bonds. The van der Waals surface area contributed by atoms with E-state index in [-0.39, 0.29) is 0 Å². The third-order valence-corrected chi connectivity index (χ3v) is 2.59. The van der Waals surface area contributed by atoms with Gasteiger partial charge < -0.3 is 16.0 Å². The van der Waals surface area contributed by atoms with Crippen LogP contribution in [0, 0.1) is 0 Å². The van der Waals surface area contributed by atoms with Crippen molar-refractivity contribution in [2.75, 3.05) is 18.8 Å². The minimum Gasteiger partial charge on any atom is -0.381 e. The number of hydrogen-bond donors (Lipinski definition) is 2. The maximum absolute atomic E-state index is 5.81. The first-order valence-corrected chi connectivity index (χ1v) is 4.93. The number of nitrogen functional groups attached to an aromatic ring is 1. The lowest BCUT2D eigenvalue weighted by Crippen LogP contribution is -2.39. The van der Waals surface area contributed by atoms with Gasteiger partial charge in [-0.3, -0.25) is 4.90 Å². The second-order valence-corrected chi connectivity index (χ2v) is 3.83. The van der Waals surface area contributed by atoms with Crippen LogP contribution < -0.4 is 11.5 Å². The molecule has 0 saturated carbocycles. The van der Waals surface area contributed by atoms with E-state index in [0.717, 1.165) is 38.2 Å². The van der Waals surface area contributed by atoms with Crippen molar-refractivity contribution < 1.29 is 4.52 Å². The molecular weight excluding hydrogens is 180 g/mol. The zero-order chi connectivity index (χ0) is 9.97. The van der Waals surface area contributed by atoms with Crippen LogP contribution in [0.2, 0.25) is 0 Å². The molecule has 0 radical (unpaired) electrons. The SMILES string of the molecule is Nc1cc(CN2CCC(N)CC2)on1. The maximum Gasteiger partial charge on any atom is 0.167 e. The molecule has 0 spiro atoms. The molecule has 1 aliphatic heterocycles. The number of nitrogens with zero attached hydrogens (tertiary/aromatic N) is 2. The van der Waals surface area contributed by atoms with Gasteiger partial charge in [-0.25, -0.2) is 0 Å². The van der Waals surface area contributed by atoms with Crippen LogP contribution in [0.15, 0.2) is 10.6 Å². The Morgan fingerprint density at radius 1 is 1.50 bits per heavy atom. The van der Waals surface area contributed by atoms with Gasteiger partial charge in [0.25, 0.3) is 0 Å². The normalized spacial score (nSPS) is 20.1. The summed E-state index contributed by atoms with van der Waals surface area (Å²) in [4.78, 5) is 2.31. The highest BCUT2D eigenvalue weighted by molar-refractivity contribution is 5.26. The number of rotatable bonds is 2. The summed E-state index contributed by atoms with van der Waals surface area (Å²) in [6.45, 7) is 2.85. The molecule has 1 aliphatic rings. The molecule has 0 aliphatic carbocycles. The van der Waals surface area contributed by atoms with Gasteiger partial charge in [-0.1, -0.05) is 5.16 Å². The summed E-state index contributed by atoms with van der Waals surface area (Å²) in [6, 6.07) is 2.14. The first kappa shape index (κ1) is 9.48. The highest BCUT2D eigenvalue weighted by atomic mass is 16.5. The minimum absolute atomic E-state index is 0.367. The number of hydrogen-bond acceptors (Lipinski definition) is 5. The molecule has 1 saturated heterocycles. The van der Waals surface area contributed by atoms with Crippen LogP contribution in [0.5, 0.6) is 0 Å². The van der Waals surface area contributed by atoms with Crippen LogP contribution in [0.25, 0.3) is 0 Å². The molecule has 5 heteroatoms. The minimum atomic E-state index is 0.367. The van der Waals surface area contributed by atoms with E-state index in [2.05, 4.69) is 10.1 Å². The lowest BCUT2D eigenvalue weighted by Gasteiger charge is -2.28. The molecular formula is C9H16N4O. The zero-order valence-corrected chi connectivity index (χ0v) is 8.15. The molecule has 1 aromatic heterocycles. The molecule has 0 unspecified atom stereocenters. The fraction of sp³-hybridized carbons (Fsp3) is 0.667. The molecule has 0 bridgehead atoms. The van der Waals surface area contributed by atoms with Gasteiger partial charge >= 0.3 is 0 Å². The highest BCUT2D eigenvalue weighted by Gasteiger charge is 2.17. The van der Waals surface area contributed by atoms with Crippen molar-refractivity contribution in [1.29, 1.82) is 0 Å². The second-order valence-electron chi connectivity index (χ2n) is 3.83. The molecule has 4 N–H and O–H groups in total. The molecule has 5 nitrogen and oxygen atoms in total. The summed E-state index contributed by atoms with van der Waals surface area (Å²) in [5.74, 6) is 1.28. The van der Waals surface area contributed by atoms with Crippen molar-refractivity contribution >= 4 is 5.82 Å². The van der Waals surface area contributed by atoms with Crippen LogP contribution in [-0.2, 0) is 6.54 Å². The monoisotopic (exact) mass is 196 g/mol. The molecule has 1 aromatic rings. The average molecular weight is 196 g/mol. The Morgan fingerprint density at radius 3 is 2.79 bits per heavy atom. The van der Waals surface area contributed by atoms with Crippen LogP contribution in [0.1, 0.15) is 18.6 Å². The second kappa shape index (κ2) is 3.98. The van der Waals surface area contributed by atoms with Gasteiger partial charge in [0.2, 0.25) is 0 Å². The molecule has 0 atom stereocenters. The number of likely N-dealkylation sites (tertiary alicyclic amines) is 1. The van der Waals surface area contributed by atoms with Gasteiger partial charge in [0.05, 0.1) is 6.54 Å². The van der Waals surface area contributed by atoms with Crippen molar-refractivity contribution in [3.05, 3.63) is 11.8 Å². The van der Waals surface area contributed by atoms with Gasteiger partial charge in [-0.2, -0.15) is 0 Å². The van der Waals surface area contributed by atoms with Crippen LogP contribution in [-0.4, -0.2) is 29.2 Å². The molecule has 2 heterocycles. The summed E-state index contributed by atoms with van der Waals surface area (Å²) in [5, 5.41) is 3.65. The Kier molecular flexibility index (Phi) is 2.69. The average Bonchev–Trinajstić information content (AvgIpc) is 2.56. The van der Waals surface area contributed by atoms with E-state index in [4.69, 9.17) is 16.0 Å². The van der Waals surface area contributed by atoms with Gasteiger partial charge in [0, 0.05) is 25.2 Å². The summed E-state index contributed by atoms with van der Waals surface area (Å²) in [5.41, 5.74) is 11.3. The summed E-state index contributed by atoms with van der Waals surface area (Å²) in [6.07, 6.45) is 2.12. The van der Waals surface area contributed by atoms with Crippen molar-refractivity contribution in [2.45, 2.75) is 25.4 Å². The van der Waals surface area contributed by atoms with E-state index in [1.807, 2.05) is 0 Å². The van der Waals surface area contributed by atoms with Crippen molar-refractivity contribution in [3.63, 3.8) is 0 Å². The van der Waals surface area contributed by atoms with Crippen LogP contribution in [0.4, 0.5) is 5.82 Å². The van der Waals surface area contributed by atoms with Crippen molar-refractivity contribution in [3.8, 4) is 0 Å². The molecule has 1 fully saturated rings. The summed E-state index contributed by atoms with van der Waals surface area (Å²) in [7, 11) is 0. The van der Waals surface area contributed by atoms with Gasteiger partial charge in [-0.05, 0) is 12.8 Å². The lowest BCUT2D eigenvalue weighted by molar-refractivity contribution is 0.185. The van der Waals surface area contributed by atoms with E-state index >= 15 is 0 Å². The van der Waals surface area contributed by atoms with Gasteiger partial charge in [0.15, 0.2) is 11.6 Å². The summed E-state index contributed by atoms with van der Waals surface area (Å²) < 4.78 is 5.05. The molecule has 78 valence electrons. The molecule has 0 aromatic carbocycles. The van der Waals surface area contributed by atoms with Crippen LogP contribution >= 0.6 is 0 Å². The van der Waals surface area contributed by atoms with Gasteiger partial charge in [-0.15, -0.1) is 0 Å². The Bertz CT molecular complexity index is 291. The Labute approximate surface area is 83.0 Å². The predicted octanol–water partition coefficient (Wildman–Crippen LogP) is 0.180. The van der Waals surface area contributed by atoms with E-state index < -0.39 is 0 Å². The first-order valence-electron chi connectivity index (χ1n) is 4.93. The Balaban J connectivity index is 1.86. The number of nitrogens with two attached hydrogens (primary N) is 2. The zero-order valence-electron chi connectivity index (χ0n) is 8.15. The third-order valence-electron chi connectivity index (χ3n) is 2.59. The highest BCUT2D eigenvalue weighted by Crippen LogP contribution is 2.13. The lowest BCUT2D eigenvalue weighted by atomic mass is 10.1. The standard InChI is InChI=1S/C9H16N4O/c10-7-1-3-13(4-2-7)6-8-5-9(11)12-14-8/h5,7H,1-4,6,10H2,(H2,11,12). The topological polar surface area (TPSA) is 81.3 Å².